The highest BCUT2D eigenvalue weighted by molar-refractivity contribution is 7.99. The van der Waals surface area contributed by atoms with Crippen molar-refractivity contribution in [3.05, 3.63) is 27.9 Å². The van der Waals surface area contributed by atoms with Gasteiger partial charge >= 0.3 is 0 Å². The number of rotatable bonds is 3. The van der Waals surface area contributed by atoms with E-state index in [0.29, 0.717) is 18.2 Å². The maximum atomic E-state index is 11.4. The van der Waals surface area contributed by atoms with Crippen LogP contribution in [0, 0.1) is 0 Å². The summed E-state index contributed by atoms with van der Waals surface area (Å²) >= 11 is 1.87. The molecular formula is C10H15N3OS. The number of nitrogens with zero attached hydrogens (tertiary/aromatic N) is 1. The highest BCUT2D eigenvalue weighted by Gasteiger charge is 2.20. The molecule has 0 aromatic carbocycles. The summed E-state index contributed by atoms with van der Waals surface area (Å²) in [6.07, 6.45) is 2.99. The Kier molecular flexibility index (Phi) is 3.43. The molecule has 3 N–H and O–H groups in total. The van der Waals surface area contributed by atoms with Gasteiger partial charge in [0.15, 0.2) is 0 Å². The van der Waals surface area contributed by atoms with E-state index in [-0.39, 0.29) is 5.56 Å². The van der Waals surface area contributed by atoms with E-state index in [1.165, 1.54) is 12.5 Å². The van der Waals surface area contributed by atoms with E-state index < -0.39 is 0 Å². The topological polar surface area (TPSA) is 71.8 Å². The summed E-state index contributed by atoms with van der Waals surface area (Å²) in [5.41, 5.74) is 6.21. The third-order valence-corrected chi connectivity index (χ3v) is 3.83. The molecule has 4 nitrogen and oxygen atoms in total. The normalized spacial score (nSPS) is 20.7. The fraction of sp³-hybridized carbons (Fsp3) is 0.600. The molecule has 1 aliphatic heterocycles. The number of nitrogens with one attached hydrogen (secondary N) is 1. The molecule has 1 fully saturated rings. The molecule has 5 heteroatoms. The molecule has 2 heterocycles. The first kappa shape index (κ1) is 10.7. The van der Waals surface area contributed by atoms with E-state index >= 15 is 0 Å². The second-order valence-corrected chi connectivity index (χ2v) is 4.97. The van der Waals surface area contributed by atoms with Crippen molar-refractivity contribution in [2.24, 2.45) is 5.73 Å². The van der Waals surface area contributed by atoms with Crippen LogP contribution >= 0.6 is 11.8 Å². The van der Waals surface area contributed by atoms with Crippen molar-refractivity contribution in [3.63, 3.8) is 0 Å². The largest absolute Gasteiger partial charge is 0.330 e. The van der Waals surface area contributed by atoms with Gasteiger partial charge in [0.2, 0.25) is 0 Å². The Hall–Kier alpha value is -0.810. The summed E-state index contributed by atoms with van der Waals surface area (Å²) in [6.45, 7) is 0.535. The Bertz CT molecular complexity index is 384. The van der Waals surface area contributed by atoms with Crippen LogP contribution in [0.4, 0.5) is 0 Å². The molecule has 0 radical (unpaired) electrons. The Morgan fingerprint density at radius 2 is 2.53 bits per heavy atom. The van der Waals surface area contributed by atoms with Crippen LogP contribution in [0.25, 0.3) is 0 Å². The van der Waals surface area contributed by atoms with E-state index in [1.54, 1.807) is 0 Å². The average molecular weight is 225 g/mol. The molecule has 1 unspecified atom stereocenters. The summed E-state index contributed by atoms with van der Waals surface area (Å²) < 4.78 is 0. The molecule has 0 amide bonds. The van der Waals surface area contributed by atoms with Crippen molar-refractivity contribution in [1.29, 1.82) is 0 Å². The Morgan fingerprint density at radius 3 is 3.20 bits per heavy atom. The first-order valence-electron chi connectivity index (χ1n) is 5.21. The first-order chi connectivity index (χ1) is 7.29. The maximum Gasteiger partial charge on any atom is 0.251 e. The summed E-state index contributed by atoms with van der Waals surface area (Å²) in [5.74, 6) is 1.99. The number of thioether (sulfide) groups is 1. The smallest absolute Gasteiger partial charge is 0.251 e. The van der Waals surface area contributed by atoms with E-state index in [1.807, 2.05) is 11.8 Å². The molecular weight excluding hydrogens is 210 g/mol. The fourth-order valence-corrected chi connectivity index (χ4v) is 2.97. The van der Waals surface area contributed by atoms with Crippen LogP contribution < -0.4 is 11.3 Å². The van der Waals surface area contributed by atoms with E-state index in [0.717, 1.165) is 23.7 Å². The molecule has 15 heavy (non-hydrogen) atoms. The van der Waals surface area contributed by atoms with Gasteiger partial charge in [-0.15, -0.1) is 0 Å². The Balaban J connectivity index is 2.26. The van der Waals surface area contributed by atoms with Gasteiger partial charge in [-0.1, -0.05) is 0 Å². The minimum absolute atomic E-state index is 0.0593. The maximum absolute atomic E-state index is 11.4. The monoisotopic (exact) mass is 225 g/mol. The third-order valence-electron chi connectivity index (χ3n) is 2.45. The van der Waals surface area contributed by atoms with Gasteiger partial charge in [-0.25, -0.2) is 4.98 Å². The first-order valence-corrected chi connectivity index (χ1v) is 6.26. The predicted molar refractivity (Wildman–Crippen MR) is 62.0 cm³/mol. The molecule has 1 atom stereocenters. The number of H-pyrrole nitrogens is 1. The average Bonchev–Trinajstić information content (AvgIpc) is 2.70. The molecule has 1 saturated heterocycles. The zero-order valence-corrected chi connectivity index (χ0v) is 9.35. The Morgan fingerprint density at radius 1 is 1.67 bits per heavy atom. The van der Waals surface area contributed by atoms with Gasteiger partial charge in [0.05, 0.1) is 5.25 Å². The molecule has 82 valence electrons. The quantitative estimate of drug-likeness (QED) is 0.799. The second kappa shape index (κ2) is 4.81. The lowest BCUT2D eigenvalue weighted by Crippen LogP contribution is -2.16. The number of nitrogens with two attached hydrogens (primary N) is 1. The van der Waals surface area contributed by atoms with Crippen molar-refractivity contribution in [2.75, 3.05) is 12.3 Å². The summed E-state index contributed by atoms with van der Waals surface area (Å²) in [4.78, 5) is 18.7. The lowest BCUT2D eigenvalue weighted by Gasteiger charge is -2.08. The molecule has 0 saturated carbocycles. The molecule has 1 aliphatic rings. The molecule has 1 aromatic heterocycles. The fourth-order valence-electron chi connectivity index (χ4n) is 1.75. The van der Waals surface area contributed by atoms with Gasteiger partial charge in [-0.3, -0.25) is 4.79 Å². The van der Waals surface area contributed by atoms with Crippen LogP contribution in [0.3, 0.4) is 0 Å². The van der Waals surface area contributed by atoms with Gasteiger partial charge in [-0.05, 0) is 25.1 Å². The summed E-state index contributed by atoms with van der Waals surface area (Å²) in [7, 11) is 0. The number of hydrogen-bond acceptors (Lipinski definition) is 4. The number of aromatic amines is 1. The van der Waals surface area contributed by atoms with Crippen LogP contribution in [-0.2, 0) is 6.42 Å². The predicted octanol–water partition coefficient (Wildman–Crippen LogP) is 0.839. The van der Waals surface area contributed by atoms with E-state index in [9.17, 15) is 4.79 Å². The number of aromatic nitrogens is 2. The minimum Gasteiger partial charge on any atom is -0.330 e. The van der Waals surface area contributed by atoms with Crippen molar-refractivity contribution in [3.8, 4) is 0 Å². The van der Waals surface area contributed by atoms with Crippen molar-refractivity contribution in [2.45, 2.75) is 24.5 Å². The lowest BCUT2D eigenvalue weighted by molar-refractivity contribution is 0.755. The van der Waals surface area contributed by atoms with Gasteiger partial charge in [0, 0.05) is 18.2 Å². The molecule has 1 aromatic rings. The van der Waals surface area contributed by atoms with Crippen LogP contribution in [0.5, 0.6) is 0 Å². The third kappa shape index (κ3) is 2.60. The van der Waals surface area contributed by atoms with Crippen molar-refractivity contribution in [1.82, 2.24) is 9.97 Å². The van der Waals surface area contributed by atoms with E-state index in [2.05, 4.69) is 9.97 Å². The number of hydrogen-bond donors (Lipinski definition) is 2. The SMILES string of the molecule is NCCc1cc(=O)[nH]c(C2CCCS2)n1. The second-order valence-electron chi connectivity index (χ2n) is 3.66. The summed E-state index contributed by atoms with van der Waals surface area (Å²) in [6, 6.07) is 1.54. The zero-order valence-electron chi connectivity index (χ0n) is 8.53. The van der Waals surface area contributed by atoms with Crippen LogP contribution in [0.15, 0.2) is 10.9 Å². The minimum atomic E-state index is -0.0593. The highest BCUT2D eigenvalue weighted by Crippen LogP contribution is 2.37. The highest BCUT2D eigenvalue weighted by atomic mass is 32.2. The van der Waals surface area contributed by atoms with Crippen LogP contribution in [-0.4, -0.2) is 22.3 Å². The van der Waals surface area contributed by atoms with Crippen molar-refractivity contribution < 1.29 is 0 Å². The molecule has 0 bridgehead atoms. The zero-order chi connectivity index (χ0) is 10.7. The summed E-state index contributed by atoms with van der Waals surface area (Å²) in [5, 5.41) is 0.371. The standard InChI is InChI=1S/C10H15N3OS/c11-4-3-7-6-9(14)13-10(12-7)8-2-1-5-15-8/h6,8H,1-5,11H2,(H,12,13,14). The molecule has 0 spiro atoms. The molecule has 0 aliphatic carbocycles. The Labute approximate surface area is 92.7 Å². The van der Waals surface area contributed by atoms with Gasteiger partial charge in [-0.2, -0.15) is 11.8 Å². The van der Waals surface area contributed by atoms with E-state index in [4.69, 9.17) is 5.73 Å². The van der Waals surface area contributed by atoms with Gasteiger partial charge < -0.3 is 10.7 Å². The van der Waals surface area contributed by atoms with Crippen LogP contribution in [0.1, 0.15) is 29.6 Å². The lowest BCUT2D eigenvalue weighted by atomic mass is 10.2. The van der Waals surface area contributed by atoms with Gasteiger partial charge in [0.1, 0.15) is 5.82 Å². The van der Waals surface area contributed by atoms with Crippen LogP contribution in [0.2, 0.25) is 0 Å². The van der Waals surface area contributed by atoms with Crippen molar-refractivity contribution >= 4 is 11.8 Å². The molecule has 2 rings (SSSR count). The van der Waals surface area contributed by atoms with Gasteiger partial charge in [0.25, 0.3) is 5.56 Å².